The van der Waals surface area contributed by atoms with Gasteiger partial charge >= 0.3 is 6.09 Å². The van der Waals surface area contributed by atoms with Crippen molar-refractivity contribution in [2.45, 2.75) is 18.9 Å². The zero-order chi connectivity index (χ0) is 15.7. The van der Waals surface area contributed by atoms with E-state index in [1.54, 1.807) is 0 Å². The van der Waals surface area contributed by atoms with Gasteiger partial charge in [-0.15, -0.1) is 0 Å². The monoisotopic (exact) mass is 379 g/mol. The first-order valence-corrected chi connectivity index (χ1v) is 8.24. The van der Waals surface area contributed by atoms with E-state index >= 15 is 0 Å². The van der Waals surface area contributed by atoms with Crippen LogP contribution >= 0.6 is 27.5 Å². The molecule has 1 amide bonds. The van der Waals surface area contributed by atoms with Gasteiger partial charge < -0.3 is 10.0 Å². The first-order chi connectivity index (χ1) is 10.6. The molecule has 0 fully saturated rings. The van der Waals surface area contributed by atoms with Crippen LogP contribution in [0.15, 0.2) is 46.9 Å². The minimum Gasteiger partial charge on any atom is -0.465 e. The Labute approximate surface area is 142 Å². The van der Waals surface area contributed by atoms with E-state index in [0.29, 0.717) is 24.4 Å². The molecule has 3 rings (SSSR count). The molecule has 0 aliphatic carbocycles. The Morgan fingerprint density at radius 3 is 2.73 bits per heavy atom. The molecule has 0 spiro atoms. The Morgan fingerprint density at radius 1 is 1.32 bits per heavy atom. The van der Waals surface area contributed by atoms with Crippen LogP contribution in [-0.2, 0) is 12.8 Å². The summed E-state index contributed by atoms with van der Waals surface area (Å²) in [7, 11) is 0. The maximum Gasteiger partial charge on any atom is 0.407 e. The lowest BCUT2D eigenvalue weighted by Crippen LogP contribution is -2.40. The fraction of sp³-hybridized carbons (Fsp3) is 0.235. The Balaban J connectivity index is 2.05. The molecule has 1 aliphatic rings. The number of fused-ring (bicyclic) bond motifs is 1. The quantitative estimate of drug-likeness (QED) is 0.803. The van der Waals surface area contributed by atoms with E-state index < -0.39 is 6.09 Å². The van der Waals surface area contributed by atoms with Crippen LogP contribution in [-0.4, -0.2) is 22.6 Å². The first-order valence-electron chi connectivity index (χ1n) is 7.07. The molecule has 1 unspecified atom stereocenters. The van der Waals surface area contributed by atoms with Gasteiger partial charge in [0.25, 0.3) is 0 Å². The van der Waals surface area contributed by atoms with Crippen LogP contribution in [0.25, 0.3) is 0 Å². The number of rotatable bonds is 2. The molecule has 114 valence electrons. The molecule has 1 N–H and O–H groups in total. The third-order valence-corrected chi connectivity index (χ3v) is 4.90. The van der Waals surface area contributed by atoms with Crippen LogP contribution in [0.3, 0.4) is 0 Å². The van der Waals surface area contributed by atoms with Gasteiger partial charge in [0.15, 0.2) is 0 Å². The molecule has 2 aromatic rings. The zero-order valence-corrected chi connectivity index (χ0v) is 14.1. The summed E-state index contributed by atoms with van der Waals surface area (Å²) in [6.45, 7) is 0.493. The first kappa shape index (κ1) is 15.4. The molecule has 0 bridgehead atoms. The van der Waals surface area contributed by atoms with E-state index in [9.17, 15) is 9.90 Å². The molecule has 1 atom stereocenters. The molecule has 3 nitrogen and oxygen atoms in total. The summed E-state index contributed by atoms with van der Waals surface area (Å²) in [5.41, 5.74) is 3.27. The highest BCUT2D eigenvalue weighted by atomic mass is 79.9. The van der Waals surface area contributed by atoms with Gasteiger partial charge in [0.1, 0.15) is 0 Å². The predicted molar refractivity (Wildman–Crippen MR) is 90.5 cm³/mol. The molecular weight excluding hydrogens is 366 g/mol. The molecular formula is C17H15BrClNO2. The van der Waals surface area contributed by atoms with E-state index in [4.69, 9.17) is 11.6 Å². The Morgan fingerprint density at radius 2 is 2.05 bits per heavy atom. The fourth-order valence-electron chi connectivity index (χ4n) is 3.05. The highest BCUT2D eigenvalue weighted by Crippen LogP contribution is 2.39. The standard InChI is InChI=1S/C17H15BrClNO2/c18-14-10-13(19)9-12-6-7-20(17(21)22)15(16(12)14)8-11-4-2-1-3-5-11/h1-5,9-10,15H,6-8H2,(H,21,22). The number of benzene rings is 2. The topological polar surface area (TPSA) is 40.5 Å². The molecule has 0 radical (unpaired) electrons. The second-order valence-electron chi connectivity index (χ2n) is 5.39. The van der Waals surface area contributed by atoms with Crippen molar-refractivity contribution in [3.63, 3.8) is 0 Å². The summed E-state index contributed by atoms with van der Waals surface area (Å²) >= 11 is 9.69. The van der Waals surface area contributed by atoms with Crippen LogP contribution in [0.1, 0.15) is 22.7 Å². The molecule has 1 aliphatic heterocycles. The van der Waals surface area contributed by atoms with Crippen molar-refractivity contribution in [3.05, 3.63) is 68.7 Å². The fourth-order valence-corrected chi connectivity index (χ4v) is 4.19. The van der Waals surface area contributed by atoms with Gasteiger partial charge in [-0.3, -0.25) is 0 Å². The molecule has 22 heavy (non-hydrogen) atoms. The zero-order valence-electron chi connectivity index (χ0n) is 11.8. The van der Waals surface area contributed by atoms with Crippen LogP contribution in [0.5, 0.6) is 0 Å². The summed E-state index contributed by atoms with van der Waals surface area (Å²) in [6.07, 6.45) is 0.459. The minimum absolute atomic E-state index is 0.199. The van der Waals surface area contributed by atoms with Gasteiger partial charge in [-0.25, -0.2) is 4.79 Å². The Bertz CT molecular complexity index is 705. The van der Waals surface area contributed by atoms with Crippen LogP contribution in [0.2, 0.25) is 5.02 Å². The number of nitrogens with zero attached hydrogens (tertiary/aromatic N) is 1. The number of amides is 1. The summed E-state index contributed by atoms with van der Waals surface area (Å²) in [4.78, 5) is 13.1. The maximum atomic E-state index is 11.6. The summed E-state index contributed by atoms with van der Waals surface area (Å²) < 4.78 is 0.877. The number of halogens is 2. The van der Waals surface area contributed by atoms with Crippen molar-refractivity contribution < 1.29 is 9.90 Å². The largest absolute Gasteiger partial charge is 0.465 e. The molecule has 0 saturated heterocycles. The van der Waals surface area contributed by atoms with Crippen LogP contribution in [0, 0.1) is 0 Å². The number of carboxylic acid groups (broad SMARTS) is 1. The second-order valence-corrected chi connectivity index (χ2v) is 6.68. The normalized spacial score (nSPS) is 17.2. The van der Waals surface area contributed by atoms with Gasteiger partial charge in [-0.2, -0.15) is 0 Å². The third-order valence-electron chi connectivity index (χ3n) is 4.03. The van der Waals surface area contributed by atoms with Crippen molar-refractivity contribution in [1.29, 1.82) is 0 Å². The maximum absolute atomic E-state index is 11.6. The summed E-state index contributed by atoms with van der Waals surface area (Å²) in [5.74, 6) is 0. The van der Waals surface area contributed by atoms with Crippen molar-refractivity contribution in [2.75, 3.05) is 6.54 Å². The van der Waals surface area contributed by atoms with E-state index in [0.717, 1.165) is 21.2 Å². The lowest BCUT2D eigenvalue weighted by Gasteiger charge is -2.36. The highest BCUT2D eigenvalue weighted by Gasteiger charge is 2.32. The van der Waals surface area contributed by atoms with Crippen molar-refractivity contribution >= 4 is 33.6 Å². The summed E-state index contributed by atoms with van der Waals surface area (Å²) in [5, 5.41) is 10.2. The van der Waals surface area contributed by atoms with E-state index in [1.165, 1.54) is 4.90 Å². The molecule has 5 heteroatoms. The van der Waals surface area contributed by atoms with Gasteiger partial charge in [-0.1, -0.05) is 57.9 Å². The molecule has 1 heterocycles. The van der Waals surface area contributed by atoms with Crippen LogP contribution < -0.4 is 0 Å². The summed E-state index contributed by atoms with van der Waals surface area (Å²) in [6, 6.07) is 13.5. The van der Waals surface area contributed by atoms with Gasteiger partial charge in [0.2, 0.25) is 0 Å². The number of carbonyl (C=O) groups is 1. The van der Waals surface area contributed by atoms with Gasteiger partial charge in [0.05, 0.1) is 6.04 Å². The average Bonchev–Trinajstić information content (AvgIpc) is 2.47. The van der Waals surface area contributed by atoms with Gasteiger partial charge in [-0.05, 0) is 41.7 Å². The lowest BCUT2D eigenvalue weighted by atomic mass is 9.89. The predicted octanol–water partition coefficient (Wildman–Crippen LogP) is 4.92. The van der Waals surface area contributed by atoms with Crippen LogP contribution in [0.4, 0.5) is 4.79 Å². The highest BCUT2D eigenvalue weighted by molar-refractivity contribution is 9.10. The van der Waals surface area contributed by atoms with E-state index in [-0.39, 0.29) is 6.04 Å². The van der Waals surface area contributed by atoms with Crippen molar-refractivity contribution in [2.24, 2.45) is 0 Å². The van der Waals surface area contributed by atoms with Gasteiger partial charge in [0, 0.05) is 16.0 Å². The smallest absolute Gasteiger partial charge is 0.407 e. The number of hydrogen-bond acceptors (Lipinski definition) is 1. The van der Waals surface area contributed by atoms with Crippen molar-refractivity contribution in [1.82, 2.24) is 4.90 Å². The Kier molecular flexibility index (Phi) is 4.41. The SMILES string of the molecule is O=C(O)N1CCc2cc(Cl)cc(Br)c2C1Cc1ccccc1. The molecule has 2 aromatic carbocycles. The minimum atomic E-state index is -0.881. The number of hydrogen-bond donors (Lipinski definition) is 1. The van der Waals surface area contributed by atoms with E-state index in [2.05, 4.69) is 15.9 Å². The lowest BCUT2D eigenvalue weighted by molar-refractivity contribution is 0.119. The van der Waals surface area contributed by atoms with Crippen molar-refractivity contribution in [3.8, 4) is 0 Å². The Hall–Kier alpha value is -1.52. The molecule has 0 saturated carbocycles. The average molecular weight is 381 g/mol. The third kappa shape index (κ3) is 2.99. The second kappa shape index (κ2) is 6.31. The molecule has 0 aromatic heterocycles. The van der Waals surface area contributed by atoms with E-state index in [1.807, 2.05) is 42.5 Å².